The van der Waals surface area contributed by atoms with Crippen LogP contribution in [0.1, 0.15) is 12.5 Å². The second-order valence-corrected chi connectivity index (χ2v) is 12.4. The van der Waals surface area contributed by atoms with Crippen LogP contribution in [0.4, 0.5) is 19.0 Å². The van der Waals surface area contributed by atoms with Crippen molar-refractivity contribution in [3.8, 4) is 16.9 Å². The number of aromatic nitrogens is 4. The summed E-state index contributed by atoms with van der Waals surface area (Å²) in [4.78, 5) is 41.4. The van der Waals surface area contributed by atoms with Crippen LogP contribution in [-0.4, -0.2) is 70.7 Å². The van der Waals surface area contributed by atoms with Crippen LogP contribution in [0.2, 0.25) is 5.02 Å². The molecule has 0 bridgehead atoms. The van der Waals surface area contributed by atoms with Crippen LogP contribution in [0.3, 0.4) is 0 Å². The molecular weight excluding hydrogens is 609 g/mol. The van der Waals surface area contributed by atoms with Gasteiger partial charge in [-0.3, -0.25) is 4.79 Å². The van der Waals surface area contributed by atoms with Gasteiger partial charge in [0.1, 0.15) is 17.3 Å². The molecule has 0 unspecified atom stereocenters. The summed E-state index contributed by atoms with van der Waals surface area (Å²) in [5, 5.41) is -0.612. The molecule has 4 heterocycles. The first-order valence-corrected chi connectivity index (χ1v) is 15.1. The molecule has 1 aliphatic heterocycles. The Labute approximate surface area is 249 Å². The first kappa shape index (κ1) is 30.2. The SMILES string of the molecule is C=C(F)C(=O)N1CCN(c2nc(=O)n(-c3c(C)ccnc3S(C)(=O)=O)c3nc(-c4c(F)cccc4Cl)c(F)cc23)[C@@H](C)C1. The molecule has 1 aliphatic rings. The van der Waals surface area contributed by atoms with Gasteiger partial charge in [-0.25, -0.2) is 40.9 Å². The summed E-state index contributed by atoms with van der Waals surface area (Å²) in [5.41, 5.74) is -1.94. The van der Waals surface area contributed by atoms with Crippen LogP contribution in [0, 0.1) is 18.6 Å². The van der Waals surface area contributed by atoms with Crippen molar-refractivity contribution in [1.29, 1.82) is 0 Å². The molecule has 1 saturated heterocycles. The van der Waals surface area contributed by atoms with E-state index in [-0.39, 0.29) is 52.8 Å². The minimum atomic E-state index is -4.00. The zero-order valence-corrected chi connectivity index (χ0v) is 24.7. The molecule has 0 saturated carbocycles. The maximum Gasteiger partial charge on any atom is 0.355 e. The molecule has 1 atom stereocenters. The second-order valence-electron chi connectivity index (χ2n) is 10.1. The van der Waals surface area contributed by atoms with Crippen LogP contribution in [0.15, 0.2) is 58.8 Å². The van der Waals surface area contributed by atoms with Crippen LogP contribution in [0.5, 0.6) is 0 Å². The Balaban J connectivity index is 1.84. The van der Waals surface area contributed by atoms with Gasteiger partial charge in [0.2, 0.25) is 0 Å². The highest BCUT2D eigenvalue weighted by atomic mass is 35.5. The van der Waals surface area contributed by atoms with Gasteiger partial charge in [0.25, 0.3) is 5.91 Å². The maximum absolute atomic E-state index is 15.8. The number of pyridine rings is 2. The molecule has 1 amide bonds. The molecule has 0 spiro atoms. The minimum Gasteiger partial charge on any atom is -0.350 e. The molecule has 3 aromatic heterocycles. The van der Waals surface area contributed by atoms with E-state index in [1.54, 1.807) is 18.7 Å². The number of rotatable bonds is 5. The highest BCUT2D eigenvalue weighted by Crippen LogP contribution is 2.36. The van der Waals surface area contributed by atoms with Gasteiger partial charge in [0.05, 0.1) is 21.7 Å². The fourth-order valence-electron chi connectivity index (χ4n) is 5.12. The van der Waals surface area contributed by atoms with E-state index in [4.69, 9.17) is 11.6 Å². The molecule has 5 rings (SSSR count). The predicted molar refractivity (Wildman–Crippen MR) is 155 cm³/mol. The lowest BCUT2D eigenvalue weighted by Crippen LogP contribution is -2.54. The molecule has 0 radical (unpaired) electrons. The van der Waals surface area contributed by atoms with E-state index in [1.807, 2.05) is 0 Å². The Morgan fingerprint density at radius 3 is 2.49 bits per heavy atom. The Hall–Kier alpha value is -4.30. The molecule has 10 nitrogen and oxygen atoms in total. The quantitative estimate of drug-likeness (QED) is 0.303. The standard InChI is InChI=1S/C28H24ClF3N6O4S/c1-14-8-9-33-26(43(4,41)42)23(14)38-25-17(12-20(32)22(34-25)21-18(29)6-5-7-19(21)31)24(35-28(38)40)37-11-10-36(13-15(37)2)27(39)16(3)30/h5-9,12,15H,3,10-11,13H2,1-2,4H3/t15-/m0/s1. The number of hydrogen-bond donors (Lipinski definition) is 0. The average Bonchev–Trinajstić information content (AvgIpc) is 2.92. The van der Waals surface area contributed by atoms with Gasteiger partial charge in [-0.05, 0) is 43.7 Å². The third-order valence-corrected chi connectivity index (χ3v) is 8.40. The first-order valence-electron chi connectivity index (χ1n) is 12.8. The van der Waals surface area contributed by atoms with E-state index in [0.29, 0.717) is 5.56 Å². The fourth-order valence-corrected chi connectivity index (χ4v) is 6.23. The number of amides is 1. The number of fused-ring (bicyclic) bond motifs is 1. The summed E-state index contributed by atoms with van der Waals surface area (Å²) in [5.74, 6) is -3.88. The van der Waals surface area contributed by atoms with E-state index in [2.05, 4.69) is 21.5 Å². The lowest BCUT2D eigenvalue weighted by molar-refractivity contribution is -0.129. The number of hydrogen-bond acceptors (Lipinski definition) is 8. The smallest absolute Gasteiger partial charge is 0.350 e. The largest absolute Gasteiger partial charge is 0.355 e. The number of aryl methyl sites for hydroxylation is 1. The topological polar surface area (TPSA) is 118 Å². The summed E-state index contributed by atoms with van der Waals surface area (Å²) >= 11 is 6.23. The van der Waals surface area contributed by atoms with Crippen molar-refractivity contribution in [3.05, 3.63) is 81.6 Å². The number of carbonyl (C=O) groups is 1. The van der Waals surface area contributed by atoms with Crippen molar-refractivity contribution >= 4 is 44.2 Å². The van der Waals surface area contributed by atoms with Crippen molar-refractivity contribution in [3.63, 3.8) is 0 Å². The summed E-state index contributed by atoms with van der Waals surface area (Å²) < 4.78 is 70.7. The summed E-state index contributed by atoms with van der Waals surface area (Å²) in [7, 11) is -4.00. The molecule has 0 aliphatic carbocycles. The van der Waals surface area contributed by atoms with Crippen molar-refractivity contribution in [2.45, 2.75) is 24.9 Å². The van der Waals surface area contributed by atoms with Crippen LogP contribution in [-0.2, 0) is 14.6 Å². The third kappa shape index (κ3) is 5.36. The summed E-state index contributed by atoms with van der Waals surface area (Å²) in [6.07, 6.45) is 2.18. The van der Waals surface area contributed by atoms with E-state index >= 15 is 4.39 Å². The zero-order chi connectivity index (χ0) is 31.4. The molecule has 4 aromatic rings. The van der Waals surface area contributed by atoms with Crippen molar-refractivity contribution in [2.24, 2.45) is 0 Å². The normalized spacial score (nSPS) is 15.7. The molecule has 15 heteroatoms. The average molecular weight is 633 g/mol. The third-order valence-electron chi connectivity index (χ3n) is 7.09. The number of piperazine rings is 1. The van der Waals surface area contributed by atoms with Gasteiger partial charge < -0.3 is 9.80 Å². The number of halogens is 4. The Bertz CT molecular complexity index is 1980. The van der Waals surface area contributed by atoms with Crippen LogP contribution >= 0.6 is 11.6 Å². The number of sulfone groups is 1. The van der Waals surface area contributed by atoms with Crippen molar-refractivity contribution in [1.82, 2.24) is 24.4 Å². The lowest BCUT2D eigenvalue weighted by Gasteiger charge is -2.40. The molecule has 224 valence electrons. The summed E-state index contributed by atoms with van der Waals surface area (Å²) in [6, 6.07) is 5.71. The Kier molecular flexibility index (Phi) is 7.77. The van der Waals surface area contributed by atoms with Crippen LogP contribution < -0.4 is 10.6 Å². The predicted octanol–water partition coefficient (Wildman–Crippen LogP) is 4.01. The van der Waals surface area contributed by atoms with Crippen molar-refractivity contribution < 1.29 is 26.4 Å². The zero-order valence-electron chi connectivity index (χ0n) is 23.1. The van der Waals surface area contributed by atoms with E-state index < -0.39 is 55.7 Å². The highest BCUT2D eigenvalue weighted by Gasteiger charge is 2.32. The van der Waals surface area contributed by atoms with Gasteiger partial charge in [0, 0.05) is 38.1 Å². The van der Waals surface area contributed by atoms with Gasteiger partial charge in [-0.15, -0.1) is 0 Å². The molecule has 1 fully saturated rings. The Morgan fingerprint density at radius 2 is 1.86 bits per heavy atom. The molecular formula is C28H24ClF3N6O4S. The fraction of sp³-hybridized carbons (Fsp3) is 0.250. The Morgan fingerprint density at radius 1 is 1.14 bits per heavy atom. The van der Waals surface area contributed by atoms with Gasteiger partial charge >= 0.3 is 5.69 Å². The lowest BCUT2D eigenvalue weighted by atomic mass is 10.1. The van der Waals surface area contributed by atoms with E-state index in [1.165, 1.54) is 29.3 Å². The van der Waals surface area contributed by atoms with E-state index in [9.17, 15) is 26.8 Å². The van der Waals surface area contributed by atoms with E-state index in [0.717, 1.165) is 23.0 Å². The molecule has 0 N–H and O–H groups in total. The van der Waals surface area contributed by atoms with Gasteiger partial charge in [-0.2, -0.15) is 4.98 Å². The molecule has 43 heavy (non-hydrogen) atoms. The first-order chi connectivity index (χ1) is 20.2. The number of nitrogens with zero attached hydrogens (tertiary/aromatic N) is 6. The van der Waals surface area contributed by atoms with Gasteiger partial charge in [-0.1, -0.05) is 24.2 Å². The second kappa shape index (κ2) is 11.1. The van der Waals surface area contributed by atoms with Crippen molar-refractivity contribution in [2.75, 3.05) is 30.8 Å². The maximum atomic E-state index is 15.8. The van der Waals surface area contributed by atoms with Crippen LogP contribution in [0.25, 0.3) is 28.0 Å². The summed E-state index contributed by atoms with van der Waals surface area (Å²) in [6.45, 7) is 6.45. The molecule has 1 aromatic carbocycles. The number of benzene rings is 1. The van der Waals surface area contributed by atoms with Gasteiger partial charge in [0.15, 0.2) is 32.2 Å². The minimum absolute atomic E-state index is 0.0162. The highest BCUT2D eigenvalue weighted by molar-refractivity contribution is 7.90. The number of anilines is 1. The monoisotopic (exact) mass is 632 g/mol. The number of carbonyl (C=O) groups excluding carboxylic acids is 1.